The minimum Gasteiger partial charge on any atom is -0.320 e. The molecule has 16 heavy (non-hydrogen) atoms. The predicted molar refractivity (Wildman–Crippen MR) is 67.5 cm³/mol. The fourth-order valence-electron chi connectivity index (χ4n) is 1.72. The first-order chi connectivity index (χ1) is 7.74. The van der Waals surface area contributed by atoms with E-state index in [2.05, 4.69) is 10.3 Å². The third-order valence-electron chi connectivity index (χ3n) is 2.47. The highest BCUT2D eigenvalue weighted by molar-refractivity contribution is 6.33. The number of aryl methyl sites for hydroxylation is 1. The van der Waals surface area contributed by atoms with E-state index in [-0.39, 0.29) is 0 Å². The van der Waals surface area contributed by atoms with Gasteiger partial charge in [-0.05, 0) is 32.1 Å². The Morgan fingerprint density at radius 2 is 2.19 bits per heavy atom. The average molecular weight is 258 g/mol. The summed E-state index contributed by atoms with van der Waals surface area (Å²) >= 11 is 12.2. The number of nitrogens with zero attached hydrogens (tertiary/aromatic N) is 2. The van der Waals surface area contributed by atoms with Crippen molar-refractivity contribution in [3.8, 4) is 0 Å². The van der Waals surface area contributed by atoms with Gasteiger partial charge in [0.05, 0.1) is 5.52 Å². The normalized spacial score (nSPS) is 11.2. The van der Waals surface area contributed by atoms with Gasteiger partial charge in [0.1, 0.15) is 11.0 Å². The van der Waals surface area contributed by atoms with Crippen molar-refractivity contribution in [2.75, 3.05) is 13.6 Å². The zero-order valence-corrected chi connectivity index (χ0v) is 10.5. The Kier molecular flexibility index (Phi) is 3.69. The lowest BCUT2D eigenvalue weighted by molar-refractivity contribution is 0.701. The van der Waals surface area contributed by atoms with Gasteiger partial charge >= 0.3 is 0 Å². The first kappa shape index (κ1) is 11.7. The first-order valence-electron chi connectivity index (χ1n) is 5.20. The molecule has 0 fully saturated rings. The molecule has 0 aliphatic rings. The van der Waals surface area contributed by atoms with Crippen molar-refractivity contribution in [1.29, 1.82) is 0 Å². The van der Waals surface area contributed by atoms with Crippen LogP contribution in [-0.2, 0) is 6.42 Å². The zero-order chi connectivity index (χ0) is 11.5. The van der Waals surface area contributed by atoms with Gasteiger partial charge in [0.25, 0.3) is 0 Å². The van der Waals surface area contributed by atoms with E-state index >= 15 is 0 Å². The Balaban J connectivity index is 2.37. The highest BCUT2D eigenvalue weighted by atomic mass is 35.5. The number of imidazole rings is 1. The molecule has 86 valence electrons. The second kappa shape index (κ2) is 5.04. The molecule has 0 radical (unpaired) electrons. The van der Waals surface area contributed by atoms with E-state index in [0.717, 1.165) is 30.7 Å². The van der Waals surface area contributed by atoms with E-state index in [1.54, 1.807) is 0 Å². The van der Waals surface area contributed by atoms with Gasteiger partial charge in [-0.2, -0.15) is 0 Å². The summed E-state index contributed by atoms with van der Waals surface area (Å²) in [6, 6.07) is 5.64. The molecule has 0 bridgehead atoms. The second-order valence-electron chi connectivity index (χ2n) is 3.60. The van der Waals surface area contributed by atoms with Gasteiger partial charge in [0.15, 0.2) is 5.15 Å². The van der Waals surface area contributed by atoms with Crippen LogP contribution in [0.3, 0.4) is 0 Å². The molecule has 0 saturated heterocycles. The Morgan fingerprint density at radius 3 is 2.94 bits per heavy atom. The fourth-order valence-corrected chi connectivity index (χ4v) is 2.22. The standard InChI is InChI=1S/C11H13Cl2N3/c1-14-7-3-6-10-15-11(13)8-4-2-5-9(12)16(8)10/h2,4-5,14H,3,6-7H2,1H3. The summed E-state index contributed by atoms with van der Waals surface area (Å²) in [7, 11) is 1.93. The van der Waals surface area contributed by atoms with Gasteiger partial charge in [-0.25, -0.2) is 4.98 Å². The van der Waals surface area contributed by atoms with E-state index < -0.39 is 0 Å². The quantitative estimate of drug-likeness (QED) is 0.675. The van der Waals surface area contributed by atoms with Crippen LogP contribution < -0.4 is 5.32 Å². The first-order valence-corrected chi connectivity index (χ1v) is 5.95. The lowest BCUT2D eigenvalue weighted by Crippen LogP contribution is -2.09. The van der Waals surface area contributed by atoms with Gasteiger partial charge in [-0.1, -0.05) is 29.3 Å². The Bertz CT molecular complexity index is 493. The lowest BCUT2D eigenvalue weighted by Gasteiger charge is -2.03. The molecule has 0 spiro atoms. The van der Waals surface area contributed by atoms with Crippen molar-refractivity contribution in [2.24, 2.45) is 0 Å². The van der Waals surface area contributed by atoms with Crippen LogP contribution >= 0.6 is 23.2 Å². The maximum atomic E-state index is 6.14. The summed E-state index contributed by atoms with van der Waals surface area (Å²) in [5.74, 6) is 0.917. The molecule has 3 nitrogen and oxygen atoms in total. The third kappa shape index (κ3) is 2.17. The molecule has 2 aromatic heterocycles. The number of hydrogen-bond donors (Lipinski definition) is 1. The molecular weight excluding hydrogens is 245 g/mol. The van der Waals surface area contributed by atoms with Crippen LogP contribution in [0.4, 0.5) is 0 Å². The second-order valence-corrected chi connectivity index (χ2v) is 4.34. The highest BCUT2D eigenvalue weighted by Crippen LogP contribution is 2.23. The summed E-state index contributed by atoms with van der Waals surface area (Å²) in [6.07, 6.45) is 1.87. The molecule has 0 atom stereocenters. The molecule has 1 N–H and O–H groups in total. The van der Waals surface area contributed by atoms with Crippen LogP contribution in [0, 0.1) is 0 Å². The Morgan fingerprint density at radius 1 is 1.38 bits per heavy atom. The maximum absolute atomic E-state index is 6.14. The molecule has 0 amide bonds. The van der Waals surface area contributed by atoms with Gasteiger partial charge in [-0.15, -0.1) is 0 Å². The Hall–Kier alpha value is -0.770. The maximum Gasteiger partial charge on any atom is 0.155 e. The summed E-state index contributed by atoms with van der Waals surface area (Å²) in [5.41, 5.74) is 0.869. The largest absolute Gasteiger partial charge is 0.320 e. The molecule has 0 aromatic carbocycles. The summed E-state index contributed by atoms with van der Waals surface area (Å²) in [6.45, 7) is 0.955. The van der Waals surface area contributed by atoms with Crippen LogP contribution in [0.25, 0.3) is 5.52 Å². The summed E-state index contributed by atoms with van der Waals surface area (Å²) in [5, 5.41) is 4.27. The Labute approximate surface area is 104 Å². The monoisotopic (exact) mass is 257 g/mol. The number of fused-ring (bicyclic) bond motifs is 1. The number of rotatable bonds is 4. The van der Waals surface area contributed by atoms with Crippen LogP contribution in [0.1, 0.15) is 12.2 Å². The van der Waals surface area contributed by atoms with Crippen molar-refractivity contribution in [3.63, 3.8) is 0 Å². The molecule has 0 aliphatic heterocycles. The molecule has 2 rings (SSSR count). The van der Waals surface area contributed by atoms with Gasteiger partial charge in [0.2, 0.25) is 0 Å². The molecule has 2 heterocycles. The van der Waals surface area contributed by atoms with Crippen molar-refractivity contribution in [1.82, 2.24) is 14.7 Å². The minimum atomic E-state index is 0.516. The van der Waals surface area contributed by atoms with Crippen molar-refractivity contribution in [3.05, 3.63) is 34.3 Å². The number of nitrogens with one attached hydrogen (secondary N) is 1. The van der Waals surface area contributed by atoms with E-state index in [9.17, 15) is 0 Å². The SMILES string of the molecule is CNCCCc1nc(Cl)c2cccc(Cl)n12. The number of hydrogen-bond acceptors (Lipinski definition) is 2. The fraction of sp³-hybridized carbons (Fsp3) is 0.364. The predicted octanol–water partition coefficient (Wildman–Crippen LogP) is 2.79. The van der Waals surface area contributed by atoms with E-state index in [1.807, 2.05) is 29.6 Å². The topological polar surface area (TPSA) is 29.3 Å². The van der Waals surface area contributed by atoms with Gasteiger partial charge in [0, 0.05) is 6.42 Å². The zero-order valence-electron chi connectivity index (χ0n) is 9.00. The van der Waals surface area contributed by atoms with Gasteiger partial charge in [-0.3, -0.25) is 4.40 Å². The smallest absolute Gasteiger partial charge is 0.155 e. The lowest BCUT2D eigenvalue weighted by atomic mass is 10.3. The molecule has 0 aliphatic carbocycles. The third-order valence-corrected chi connectivity index (χ3v) is 3.04. The van der Waals surface area contributed by atoms with Crippen LogP contribution in [0.2, 0.25) is 10.3 Å². The molecular formula is C11H13Cl2N3. The van der Waals surface area contributed by atoms with E-state index in [4.69, 9.17) is 23.2 Å². The van der Waals surface area contributed by atoms with Crippen LogP contribution in [0.15, 0.2) is 18.2 Å². The molecule has 2 aromatic rings. The average Bonchev–Trinajstić information content (AvgIpc) is 2.58. The number of pyridine rings is 1. The minimum absolute atomic E-state index is 0.516. The highest BCUT2D eigenvalue weighted by Gasteiger charge is 2.10. The summed E-state index contributed by atoms with van der Waals surface area (Å²) in [4.78, 5) is 4.34. The van der Waals surface area contributed by atoms with Crippen molar-refractivity contribution >= 4 is 28.7 Å². The van der Waals surface area contributed by atoms with Crippen LogP contribution in [0.5, 0.6) is 0 Å². The molecule has 5 heteroatoms. The van der Waals surface area contributed by atoms with Crippen LogP contribution in [-0.4, -0.2) is 23.0 Å². The van der Waals surface area contributed by atoms with E-state index in [1.165, 1.54) is 0 Å². The number of halogens is 2. The van der Waals surface area contributed by atoms with E-state index in [0.29, 0.717) is 10.3 Å². The summed E-state index contributed by atoms with van der Waals surface area (Å²) < 4.78 is 1.90. The number of aromatic nitrogens is 2. The molecule has 0 saturated carbocycles. The van der Waals surface area contributed by atoms with Crippen molar-refractivity contribution in [2.45, 2.75) is 12.8 Å². The van der Waals surface area contributed by atoms with Crippen molar-refractivity contribution < 1.29 is 0 Å². The molecule has 0 unspecified atom stereocenters. The van der Waals surface area contributed by atoms with Gasteiger partial charge < -0.3 is 5.32 Å².